The summed E-state index contributed by atoms with van der Waals surface area (Å²) in [5.74, 6) is 1.74. The van der Waals surface area contributed by atoms with Crippen molar-refractivity contribution in [3.05, 3.63) is 10.1 Å². The zero-order valence-electron chi connectivity index (χ0n) is 14.3. The molecule has 1 N–H and O–H groups in total. The number of hydrogen-bond acceptors (Lipinski definition) is 5. The van der Waals surface area contributed by atoms with Gasteiger partial charge < -0.3 is 5.32 Å². The van der Waals surface area contributed by atoms with Crippen molar-refractivity contribution in [2.45, 2.75) is 50.1 Å². The summed E-state index contributed by atoms with van der Waals surface area (Å²) in [5.41, 5.74) is -0.0417. The van der Waals surface area contributed by atoms with E-state index in [4.69, 9.17) is 0 Å². The van der Waals surface area contributed by atoms with Crippen molar-refractivity contribution in [2.24, 2.45) is 11.8 Å². The minimum atomic E-state index is -0.196. The second-order valence-electron chi connectivity index (χ2n) is 7.98. The summed E-state index contributed by atoms with van der Waals surface area (Å²) in [6.07, 6.45) is 6.83. The first-order valence-electron chi connectivity index (χ1n) is 9.50. The summed E-state index contributed by atoms with van der Waals surface area (Å²) in [5, 5.41) is 13.1. The van der Waals surface area contributed by atoms with Crippen LogP contribution in [-0.4, -0.2) is 71.5 Å². The molecule has 5 aliphatic rings. The number of nitrogens with one attached hydrogen (secondary N) is 1. The zero-order chi connectivity index (χ0) is 16.7. The highest BCUT2D eigenvalue weighted by Crippen LogP contribution is 2.47. The Labute approximate surface area is 142 Å². The molecule has 0 aromatic carbocycles. The highest BCUT2D eigenvalue weighted by atomic mass is 16.6. The van der Waals surface area contributed by atoms with E-state index in [2.05, 4.69) is 15.1 Å². The van der Waals surface area contributed by atoms with E-state index in [0.717, 1.165) is 38.4 Å². The number of carbonyl (C=O) groups is 1. The molecule has 7 heteroatoms. The molecule has 0 saturated carbocycles. The van der Waals surface area contributed by atoms with Crippen LogP contribution in [0.15, 0.2) is 0 Å². The third-order valence-electron chi connectivity index (χ3n) is 7.11. The van der Waals surface area contributed by atoms with E-state index in [1.807, 2.05) is 0 Å². The lowest BCUT2D eigenvalue weighted by atomic mass is 9.85. The van der Waals surface area contributed by atoms with Crippen LogP contribution in [0.4, 0.5) is 0 Å². The highest BCUT2D eigenvalue weighted by molar-refractivity contribution is 5.89. The summed E-state index contributed by atoms with van der Waals surface area (Å²) < 4.78 is 0. The van der Waals surface area contributed by atoms with Gasteiger partial charge in [-0.3, -0.25) is 24.7 Å². The number of amides is 1. The van der Waals surface area contributed by atoms with E-state index in [-0.39, 0.29) is 17.0 Å². The third kappa shape index (κ3) is 2.52. The van der Waals surface area contributed by atoms with Gasteiger partial charge in [-0.25, -0.2) is 0 Å². The lowest BCUT2D eigenvalue weighted by Crippen LogP contribution is -2.48. The molecule has 24 heavy (non-hydrogen) atoms. The normalized spacial score (nSPS) is 44.7. The standard InChI is InChI=1S/C9H14N2O.C8H14N2O2/c12-8-9(3-4-10-8)7-1-5-11(9)6-2-7;11-10(12)6-3-8-7-1-4-9(8)5-2-7/h7H,1-6H2,(H,10,12);7-8H,1-6H2. The lowest BCUT2D eigenvalue weighted by molar-refractivity contribution is -0.481. The molecule has 5 fully saturated rings. The number of nitro groups is 1. The Morgan fingerprint density at radius 1 is 1.17 bits per heavy atom. The summed E-state index contributed by atoms with van der Waals surface area (Å²) in [7, 11) is 0. The van der Waals surface area contributed by atoms with Crippen LogP contribution in [-0.2, 0) is 4.79 Å². The molecule has 5 saturated heterocycles. The Morgan fingerprint density at radius 2 is 1.88 bits per heavy atom. The number of piperidine rings is 2. The van der Waals surface area contributed by atoms with E-state index in [9.17, 15) is 14.9 Å². The molecule has 7 nitrogen and oxygen atoms in total. The van der Waals surface area contributed by atoms with Crippen molar-refractivity contribution in [1.82, 2.24) is 15.1 Å². The fourth-order valence-corrected chi connectivity index (χ4v) is 5.93. The van der Waals surface area contributed by atoms with Gasteiger partial charge in [0.15, 0.2) is 0 Å². The maximum Gasteiger partial charge on any atom is 0.240 e. The predicted octanol–water partition coefficient (Wildman–Crippen LogP) is 0.718. The molecule has 0 radical (unpaired) electrons. The van der Waals surface area contributed by atoms with Crippen LogP contribution < -0.4 is 5.32 Å². The number of carbonyl (C=O) groups excluding carboxylic acids is 1. The molecule has 134 valence electrons. The number of rotatable bonds is 3. The van der Waals surface area contributed by atoms with Gasteiger partial charge in [-0.2, -0.15) is 0 Å². The monoisotopic (exact) mass is 336 g/mol. The minimum absolute atomic E-state index is 0.0417. The van der Waals surface area contributed by atoms with Crippen LogP contribution in [0.5, 0.6) is 0 Å². The van der Waals surface area contributed by atoms with Crippen molar-refractivity contribution in [2.75, 3.05) is 39.3 Å². The van der Waals surface area contributed by atoms with Crippen LogP contribution in [0.1, 0.15) is 38.5 Å². The summed E-state index contributed by atoms with van der Waals surface area (Å²) in [4.78, 5) is 26.5. The van der Waals surface area contributed by atoms with Gasteiger partial charge in [-0.15, -0.1) is 0 Å². The molecule has 2 atom stereocenters. The molecule has 5 aliphatic heterocycles. The van der Waals surface area contributed by atoms with Gasteiger partial charge in [-0.1, -0.05) is 0 Å². The average molecular weight is 336 g/mol. The Hall–Kier alpha value is -1.21. The fourth-order valence-electron chi connectivity index (χ4n) is 5.93. The van der Waals surface area contributed by atoms with Crippen molar-refractivity contribution in [3.8, 4) is 0 Å². The number of hydrogen-bond donors (Lipinski definition) is 1. The predicted molar refractivity (Wildman–Crippen MR) is 89.2 cm³/mol. The smallest absolute Gasteiger partial charge is 0.240 e. The highest BCUT2D eigenvalue weighted by Gasteiger charge is 2.59. The second-order valence-corrected chi connectivity index (χ2v) is 7.98. The SMILES string of the molecule is O=C1NCCC12C1CCN2CC1.O=[N+]([O-])CCC1C2CCN1CC2. The third-order valence-corrected chi connectivity index (χ3v) is 7.11. The molecular weight excluding hydrogens is 308 g/mol. The van der Waals surface area contributed by atoms with Crippen molar-refractivity contribution in [1.29, 1.82) is 0 Å². The van der Waals surface area contributed by atoms with Gasteiger partial charge >= 0.3 is 0 Å². The lowest BCUT2D eigenvalue weighted by Gasteiger charge is -2.28. The van der Waals surface area contributed by atoms with Crippen LogP contribution in [0.25, 0.3) is 0 Å². The minimum Gasteiger partial charge on any atom is -0.354 e. The fraction of sp³-hybridized carbons (Fsp3) is 0.941. The van der Waals surface area contributed by atoms with Crippen LogP contribution >= 0.6 is 0 Å². The number of fused-ring (bicyclic) bond motifs is 2. The van der Waals surface area contributed by atoms with Crippen LogP contribution in [0, 0.1) is 22.0 Å². The maximum atomic E-state index is 11.7. The second kappa shape index (κ2) is 6.26. The first-order valence-corrected chi connectivity index (χ1v) is 9.50. The Kier molecular flexibility index (Phi) is 4.24. The molecule has 5 rings (SSSR count). The molecule has 5 heterocycles. The van der Waals surface area contributed by atoms with Crippen LogP contribution in [0.2, 0.25) is 0 Å². The van der Waals surface area contributed by atoms with E-state index >= 15 is 0 Å². The van der Waals surface area contributed by atoms with Gasteiger partial charge in [0.25, 0.3) is 0 Å². The quantitative estimate of drug-likeness (QED) is 0.607. The molecule has 0 aromatic heterocycles. The first kappa shape index (κ1) is 16.3. The average Bonchev–Trinajstić information content (AvgIpc) is 3.38. The van der Waals surface area contributed by atoms with Crippen molar-refractivity contribution >= 4 is 5.91 Å². The molecular formula is C17H28N4O3. The van der Waals surface area contributed by atoms with E-state index in [1.165, 1.54) is 38.8 Å². The molecule has 1 amide bonds. The topological polar surface area (TPSA) is 78.7 Å². The molecule has 4 bridgehead atoms. The number of nitrogens with zero attached hydrogens (tertiary/aromatic N) is 3. The Bertz CT molecular complexity index is 486. The van der Waals surface area contributed by atoms with Gasteiger partial charge in [0.05, 0.1) is 0 Å². The van der Waals surface area contributed by atoms with Gasteiger partial charge in [0, 0.05) is 23.9 Å². The Morgan fingerprint density at radius 3 is 2.29 bits per heavy atom. The maximum absolute atomic E-state index is 11.7. The van der Waals surface area contributed by atoms with E-state index in [1.54, 1.807) is 0 Å². The zero-order valence-corrected chi connectivity index (χ0v) is 14.3. The van der Waals surface area contributed by atoms with Crippen molar-refractivity contribution < 1.29 is 9.72 Å². The summed E-state index contributed by atoms with van der Waals surface area (Å²) >= 11 is 0. The van der Waals surface area contributed by atoms with Gasteiger partial charge in [0.2, 0.25) is 12.5 Å². The largest absolute Gasteiger partial charge is 0.354 e. The molecule has 1 spiro atoms. The molecule has 0 aromatic rings. The summed E-state index contributed by atoms with van der Waals surface area (Å²) in [6, 6.07) is 0.537. The Balaban J connectivity index is 0.000000121. The molecule has 2 unspecified atom stereocenters. The summed E-state index contributed by atoms with van der Waals surface area (Å²) in [6.45, 7) is 5.69. The van der Waals surface area contributed by atoms with Gasteiger partial charge in [0.1, 0.15) is 5.54 Å². The molecule has 0 aliphatic carbocycles. The van der Waals surface area contributed by atoms with E-state index < -0.39 is 0 Å². The van der Waals surface area contributed by atoms with Crippen LogP contribution in [0.3, 0.4) is 0 Å². The first-order chi connectivity index (χ1) is 11.6. The van der Waals surface area contributed by atoms with E-state index in [0.29, 0.717) is 17.9 Å². The van der Waals surface area contributed by atoms with Gasteiger partial charge in [-0.05, 0) is 70.1 Å². The van der Waals surface area contributed by atoms with Crippen molar-refractivity contribution in [3.63, 3.8) is 0 Å².